The van der Waals surface area contributed by atoms with Gasteiger partial charge in [-0.25, -0.2) is 0 Å². The number of hydrogen-bond donors (Lipinski definition) is 0. The monoisotopic (exact) mass is 772 g/mol. The molecule has 2 nitrogen and oxygen atoms in total. The predicted molar refractivity (Wildman–Crippen MR) is 255 cm³/mol. The lowest BCUT2D eigenvalue weighted by atomic mass is 9.94. The Hall–Kier alpha value is -7.20. The molecule has 0 atom stereocenters. The first-order valence-corrected chi connectivity index (χ1v) is 21.2. The lowest BCUT2D eigenvalue weighted by molar-refractivity contribution is 1.04. The van der Waals surface area contributed by atoms with Crippen molar-refractivity contribution in [2.24, 2.45) is 0 Å². The highest BCUT2D eigenvalue weighted by Crippen LogP contribution is 2.47. The van der Waals surface area contributed by atoms with Crippen molar-refractivity contribution in [3.8, 4) is 11.1 Å². The van der Waals surface area contributed by atoms with Gasteiger partial charge in [0.2, 0.25) is 0 Å². The van der Waals surface area contributed by atoms with Crippen LogP contribution in [0.3, 0.4) is 0 Å². The van der Waals surface area contributed by atoms with Crippen molar-refractivity contribution in [2.45, 2.75) is 12.8 Å². The van der Waals surface area contributed by atoms with Crippen LogP contribution in [-0.2, 0) is 0 Å². The minimum absolute atomic E-state index is 1.10. The normalized spacial score (nSPS) is 12.6. The summed E-state index contributed by atoms with van der Waals surface area (Å²) in [5.41, 5.74) is 11.8. The molecule has 0 radical (unpaired) electrons. The largest absolute Gasteiger partial charge is 0.311 e. The van der Waals surface area contributed by atoms with Gasteiger partial charge in [0.15, 0.2) is 0 Å². The molecule has 280 valence electrons. The lowest BCUT2D eigenvalue weighted by Gasteiger charge is -2.26. The second-order valence-electron chi connectivity index (χ2n) is 15.2. The SMILES string of the molecule is C1=CC(c2ccc(N(c3ccccc3)c3ccc4c(c3)sc3c5ccc(-c6ccc(N(c7ccccc7)c7ccccc7)cc6)cc5c5ccccc5c43)cc2)=CCC1. The third-order valence-electron chi connectivity index (χ3n) is 11.6. The Balaban J connectivity index is 1.00. The molecule has 11 rings (SSSR count). The van der Waals surface area contributed by atoms with E-state index in [0.29, 0.717) is 0 Å². The molecule has 9 aromatic carbocycles. The summed E-state index contributed by atoms with van der Waals surface area (Å²) >= 11 is 1.90. The van der Waals surface area contributed by atoms with Crippen molar-refractivity contribution in [1.82, 2.24) is 0 Å². The maximum absolute atomic E-state index is 2.40. The number of allylic oxidation sites excluding steroid dienone is 4. The van der Waals surface area contributed by atoms with Crippen molar-refractivity contribution < 1.29 is 0 Å². The molecule has 1 aromatic heterocycles. The summed E-state index contributed by atoms with van der Waals surface area (Å²) in [6, 6.07) is 72.9. The van der Waals surface area contributed by atoms with Gasteiger partial charge in [-0.3, -0.25) is 0 Å². The summed E-state index contributed by atoms with van der Waals surface area (Å²) in [4.78, 5) is 4.69. The molecule has 1 aliphatic carbocycles. The highest BCUT2D eigenvalue weighted by molar-refractivity contribution is 7.27. The minimum atomic E-state index is 1.10. The Morgan fingerprint density at radius 3 is 1.47 bits per heavy atom. The molecule has 1 heterocycles. The zero-order valence-corrected chi connectivity index (χ0v) is 33.3. The molecular weight excluding hydrogens is 733 g/mol. The van der Waals surface area contributed by atoms with Gasteiger partial charge in [0.25, 0.3) is 0 Å². The molecule has 3 heteroatoms. The van der Waals surface area contributed by atoms with Gasteiger partial charge >= 0.3 is 0 Å². The lowest BCUT2D eigenvalue weighted by Crippen LogP contribution is -2.09. The highest BCUT2D eigenvalue weighted by Gasteiger charge is 2.19. The fourth-order valence-electron chi connectivity index (χ4n) is 8.82. The molecule has 0 fully saturated rings. The Labute approximate surface area is 348 Å². The van der Waals surface area contributed by atoms with Crippen LogP contribution < -0.4 is 9.80 Å². The summed E-state index contributed by atoms with van der Waals surface area (Å²) in [6.45, 7) is 0. The second kappa shape index (κ2) is 14.9. The van der Waals surface area contributed by atoms with E-state index in [4.69, 9.17) is 0 Å². The number of nitrogens with zero attached hydrogens (tertiary/aromatic N) is 2. The molecule has 59 heavy (non-hydrogen) atoms. The van der Waals surface area contributed by atoms with Crippen LogP contribution in [0.1, 0.15) is 18.4 Å². The van der Waals surface area contributed by atoms with E-state index < -0.39 is 0 Å². The zero-order valence-electron chi connectivity index (χ0n) is 32.5. The van der Waals surface area contributed by atoms with Gasteiger partial charge in [-0.2, -0.15) is 0 Å². The van der Waals surface area contributed by atoms with Crippen LogP contribution in [0.25, 0.3) is 58.4 Å². The molecule has 0 N–H and O–H groups in total. The predicted octanol–water partition coefficient (Wildman–Crippen LogP) is 16.7. The molecule has 0 unspecified atom stereocenters. The number of anilines is 6. The summed E-state index contributed by atoms with van der Waals surface area (Å²) in [6.07, 6.45) is 9.09. The second-order valence-corrected chi connectivity index (χ2v) is 16.3. The Kier molecular flexibility index (Phi) is 8.87. The van der Waals surface area contributed by atoms with Gasteiger partial charge in [-0.05, 0) is 130 Å². The van der Waals surface area contributed by atoms with Crippen LogP contribution in [0.5, 0.6) is 0 Å². The molecular formula is C56H40N2S. The van der Waals surface area contributed by atoms with Crippen molar-refractivity contribution >= 4 is 92.8 Å². The Morgan fingerprint density at radius 2 is 0.864 bits per heavy atom. The van der Waals surface area contributed by atoms with Crippen LogP contribution in [-0.4, -0.2) is 0 Å². The Morgan fingerprint density at radius 1 is 0.356 bits per heavy atom. The van der Waals surface area contributed by atoms with E-state index in [2.05, 4.69) is 228 Å². The van der Waals surface area contributed by atoms with Gasteiger partial charge in [0.05, 0.1) is 0 Å². The molecule has 0 amide bonds. The number of benzene rings is 9. The van der Waals surface area contributed by atoms with Crippen LogP contribution >= 0.6 is 11.3 Å². The third kappa shape index (κ3) is 6.37. The smallest absolute Gasteiger partial charge is 0.0476 e. The van der Waals surface area contributed by atoms with Gasteiger partial charge in [-0.1, -0.05) is 140 Å². The number of rotatable bonds is 8. The van der Waals surface area contributed by atoms with E-state index >= 15 is 0 Å². The molecule has 1 aliphatic rings. The number of hydrogen-bond acceptors (Lipinski definition) is 3. The highest BCUT2D eigenvalue weighted by atomic mass is 32.1. The maximum Gasteiger partial charge on any atom is 0.0476 e. The molecule has 0 aliphatic heterocycles. The fourth-order valence-corrected chi connectivity index (χ4v) is 10.1. The summed E-state index contributed by atoms with van der Waals surface area (Å²) in [5, 5.41) is 7.79. The molecule has 0 saturated carbocycles. The van der Waals surface area contributed by atoms with E-state index in [1.807, 2.05) is 11.3 Å². The van der Waals surface area contributed by atoms with Crippen LogP contribution in [0.4, 0.5) is 34.1 Å². The van der Waals surface area contributed by atoms with Crippen molar-refractivity contribution in [2.75, 3.05) is 9.80 Å². The quantitative estimate of drug-likeness (QED) is 0.142. The first-order chi connectivity index (χ1) is 29.3. The molecule has 0 spiro atoms. The van der Waals surface area contributed by atoms with E-state index in [1.54, 1.807) is 0 Å². The first kappa shape index (κ1) is 35.0. The van der Waals surface area contributed by atoms with E-state index in [1.165, 1.54) is 64.0 Å². The summed E-state index contributed by atoms with van der Waals surface area (Å²) in [5.74, 6) is 0. The summed E-state index contributed by atoms with van der Waals surface area (Å²) in [7, 11) is 0. The summed E-state index contributed by atoms with van der Waals surface area (Å²) < 4.78 is 2.62. The number of para-hydroxylation sites is 3. The average Bonchev–Trinajstić information content (AvgIpc) is 3.70. The van der Waals surface area contributed by atoms with Crippen molar-refractivity contribution in [1.29, 1.82) is 0 Å². The minimum Gasteiger partial charge on any atom is -0.311 e. The molecule has 0 saturated heterocycles. The van der Waals surface area contributed by atoms with Gasteiger partial charge in [-0.15, -0.1) is 11.3 Å². The Bertz CT molecular complexity index is 3140. The first-order valence-electron chi connectivity index (χ1n) is 20.4. The van der Waals surface area contributed by atoms with E-state index in [0.717, 1.165) is 47.0 Å². The number of fused-ring (bicyclic) bond motifs is 8. The van der Waals surface area contributed by atoms with Crippen molar-refractivity contribution in [3.63, 3.8) is 0 Å². The zero-order chi connectivity index (χ0) is 39.1. The third-order valence-corrected chi connectivity index (χ3v) is 12.8. The fraction of sp³-hybridized carbons (Fsp3) is 0.0357. The molecule has 10 aromatic rings. The number of thiophene rings is 1. The maximum atomic E-state index is 2.40. The van der Waals surface area contributed by atoms with Gasteiger partial charge in [0.1, 0.15) is 0 Å². The van der Waals surface area contributed by atoms with E-state index in [-0.39, 0.29) is 0 Å². The standard InChI is InChI=1S/C56H40N2S/c1-5-15-39(16-6-1)40-25-30-47(31-26-40)58(45-21-11-4-12-22-45)48-34-36-52-54(38-48)59-56-51-35-29-42(37-53(51)49-23-13-14-24-50(49)55(52)56)41-27-32-46(33-28-41)57(43-17-7-2-8-18-43)44-19-9-3-10-20-44/h2-5,7-38H,1,6H2. The average molecular weight is 773 g/mol. The van der Waals surface area contributed by atoms with Gasteiger partial charge < -0.3 is 9.80 Å². The van der Waals surface area contributed by atoms with Crippen molar-refractivity contribution in [3.05, 3.63) is 224 Å². The van der Waals surface area contributed by atoms with Gasteiger partial charge in [0, 0.05) is 59.7 Å². The van der Waals surface area contributed by atoms with Crippen LogP contribution in [0, 0.1) is 0 Å². The molecule has 0 bridgehead atoms. The topological polar surface area (TPSA) is 6.48 Å². The van der Waals surface area contributed by atoms with Crippen LogP contribution in [0.2, 0.25) is 0 Å². The van der Waals surface area contributed by atoms with E-state index in [9.17, 15) is 0 Å². The van der Waals surface area contributed by atoms with Crippen LogP contribution in [0.15, 0.2) is 218 Å².